The molecular weight excluding hydrogens is 344 g/mol. The van der Waals surface area contributed by atoms with Crippen LogP contribution >= 0.6 is 11.8 Å². The van der Waals surface area contributed by atoms with Crippen molar-refractivity contribution in [2.45, 2.75) is 30.3 Å². The normalized spacial score (nSPS) is 23.0. The number of piperidine rings is 1. The monoisotopic (exact) mass is 368 g/mol. The van der Waals surface area contributed by atoms with Gasteiger partial charge in [-0.1, -0.05) is 12.1 Å². The summed E-state index contributed by atoms with van der Waals surface area (Å²) in [6.07, 6.45) is 9.25. The molecule has 1 aromatic heterocycles. The maximum absolute atomic E-state index is 12.8. The van der Waals surface area contributed by atoms with Crippen molar-refractivity contribution in [3.63, 3.8) is 0 Å². The Bertz CT molecular complexity index is 769. The smallest absolute Gasteiger partial charge is 0.274 e. The summed E-state index contributed by atoms with van der Waals surface area (Å²) in [7, 11) is 0. The second-order valence-electron chi connectivity index (χ2n) is 7.18. The maximum Gasteiger partial charge on any atom is 0.274 e. The van der Waals surface area contributed by atoms with Crippen LogP contribution in [0.4, 0.5) is 0 Å². The number of benzene rings is 1. The van der Waals surface area contributed by atoms with E-state index >= 15 is 0 Å². The van der Waals surface area contributed by atoms with Crippen LogP contribution in [0.1, 0.15) is 28.9 Å². The highest BCUT2D eigenvalue weighted by Gasteiger charge is 2.36. The second kappa shape index (κ2) is 7.76. The first kappa shape index (κ1) is 17.5. The highest BCUT2D eigenvalue weighted by atomic mass is 32.2. The first-order chi connectivity index (χ1) is 12.7. The summed E-state index contributed by atoms with van der Waals surface area (Å²) in [5.41, 5.74) is 1.81. The number of carbonyl (C=O) groups is 1. The van der Waals surface area contributed by atoms with Crippen LogP contribution in [0.3, 0.4) is 0 Å². The van der Waals surface area contributed by atoms with Gasteiger partial charge in [0.1, 0.15) is 5.69 Å². The highest BCUT2D eigenvalue weighted by molar-refractivity contribution is 7.98. The second-order valence-corrected chi connectivity index (χ2v) is 8.06. The molecule has 3 fully saturated rings. The molecule has 6 heteroatoms. The minimum absolute atomic E-state index is 0.0150. The summed E-state index contributed by atoms with van der Waals surface area (Å²) in [4.78, 5) is 26.9. The van der Waals surface area contributed by atoms with Gasteiger partial charge in [0.05, 0.1) is 6.20 Å². The van der Waals surface area contributed by atoms with Crippen molar-refractivity contribution in [1.29, 1.82) is 0 Å². The van der Waals surface area contributed by atoms with Gasteiger partial charge in [0, 0.05) is 49.5 Å². The molecule has 2 aromatic rings. The Morgan fingerprint density at radius 1 is 1.23 bits per heavy atom. The molecule has 5 nitrogen and oxygen atoms in total. The maximum atomic E-state index is 12.8. The Morgan fingerprint density at radius 3 is 2.96 bits per heavy atom. The van der Waals surface area contributed by atoms with Crippen LogP contribution in [0.2, 0.25) is 0 Å². The molecule has 0 unspecified atom stereocenters. The average molecular weight is 369 g/mol. The van der Waals surface area contributed by atoms with E-state index in [-0.39, 0.29) is 5.91 Å². The first-order valence-corrected chi connectivity index (χ1v) is 10.4. The molecule has 0 radical (unpaired) electrons. The molecular formula is C20H24N4OS. The van der Waals surface area contributed by atoms with E-state index in [1.807, 2.05) is 4.90 Å². The number of carbonyl (C=O) groups excluding carboxylic acids is 1. The number of nitrogens with zero attached hydrogens (tertiary/aromatic N) is 4. The van der Waals surface area contributed by atoms with Crippen LogP contribution < -0.4 is 0 Å². The summed E-state index contributed by atoms with van der Waals surface area (Å²) in [5, 5.41) is 0. The van der Waals surface area contributed by atoms with E-state index in [1.54, 1.807) is 30.4 Å². The molecule has 0 spiro atoms. The van der Waals surface area contributed by atoms with Gasteiger partial charge in [-0.05, 0) is 42.7 Å². The molecule has 0 saturated carbocycles. The molecule has 136 valence electrons. The molecule has 4 heterocycles. The van der Waals surface area contributed by atoms with E-state index in [2.05, 4.69) is 45.4 Å². The fraction of sp³-hybridized carbons (Fsp3) is 0.450. The largest absolute Gasteiger partial charge is 0.335 e. The van der Waals surface area contributed by atoms with Crippen molar-refractivity contribution in [2.75, 3.05) is 25.9 Å². The average Bonchev–Trinajstić information content (AvgIpc) is 3.00. The summed E-state index contributed by atoms with van der Waals surface area (Å²) >= 11 is 1.78. The molecule has 26 heavy (non-hydrogen) atoms. The number of fused-ring (bicyclic) bond motifs is 4. The van der Waals surface area contributed by atoms with Crippen LogP contribution in [0.5, 0.6) is 0 Å². The minimum atomic E-state index is 0.0150. The quantitative estimate of drug-likeness (QED) is 0.777. The third kappa shape index (κ3) is 3.76. The zero-order valence-corrected chi connectivity index (χ0v) is 15.9. The predicted molar refractivity (Wildman–Crippen MR) is 103 cm³/mol. The molecule has 5 rings (SSSR count). The lowest BCUT2D eigenvalue weighted by Gasteiger charge is -2.36. The molecule has 0 N–H and O–H groups in total. The summed E-state index contributed by atoms with van der Waals surface area (Å²) in [6.45, 7) is 3.64. The van der Waals surface area contributed by atoms with Crippen molar-refractivity contribution in [2.24, 2.45) is 5.92 Å². The summed E-state index contributed by atoms with van der Waals surface area (Å²) < 4.78 is 0. The number of aromatic nitrogens is 2. The topological polar surface area (TPSA) is 49.3 Å². The zero-order valence-electron chi connectivity index (χ0n) is 15.0. The minimum Gasteiger partial charge on any atom is -0.335 e. The third-order valence-corrected chi connectivity index (χ3v) is 6.14. The molecule has 1 amide bonds. The van der Waals surface area contributed by atoms with E-state index in [4.69, 9.17) is 0 Å². The van der Waals surface area contributed by atoms with E-state index in [0.29, 0.717) is 17.7 Å². The van der Waals surface area contributed by atoms with Crippen LogP contribution in [-0.2, 0) is 6.54 Å². The van der Waals surface area contributed by atoms with Crippen molar-refractivity contribution in [3.05, 3.63) is 54.1 Å². The fourth-order valence-electron chi connectivity index (χ4n) is 4.12. The number of hydrogen-bond donors (Lipinski definition) is 0. The van der Waals surface area contributed by atoms with E-state index in [9.17, 15) is 4.79 Å². The van der Waals surface area contributed by atoms with E-state index in [1.165, 1.54) is 16.9 Å². The lowest BCUT2D eigenvalue weighted by Crippen LogP contribution is -2.44. The summed E-state index contributed by atoms with van der Waals surface area (Å²) in [6, 6.07) is 9.21. The van der Waals surface area contributed by atoms with Gasteiger partial charge in [0.15, 0.2) is 0 Å². The molecule has 1 aromatic carbocycles. The number of rotatable bonds is 4. The zero-order chi connectivity index (χ0) is 17.9. The molecule has 3 aliphatic heterocycles. The van der Waals surface area contributed by atoms with Gasteiger partial charge in [-0.3, -0.25) is 14.7 Å². The Kier molecular flexibility index (Phi) is 5.22. The van der Waals surface area contributed by atoms with Gasteiger partial charge in [0.25, 0.3) is 5.91 Å². The van der Waals surface area contributed by atoms with Crippen LogP contribution in [0.25, 0.3) is 0 Å². The van der Waals surface area contributed by atoms with Gasteiger partial charge in [-0.25, -0.2) is 4.98 Å². The van der Waals surface area contributed by atoms with Gasteiger partial charge in [-0.2, -0.15) is 0 Å². The summed E-state index contributed by atoms with van der Waals surface area (Å²) in [5.74, 6) is 0.555. The third-order valence-electron chi connectivity index (χ3n) is 5.42. The van der Waals surface area contributed by atoms with E-state index < -0.39 is 0 Å². The molecule has 3 aliphatic rings. The Hall–Kier alpha value is -1.92. The van der Waals surface area contributed by atoms with Crippen molar-refractivity contribution >= 4 is 17.7 Å². The Balaban J connectivity index is 1.48. The molecule has 0 aliphatic carbocycles. The lowest BCUT2D eigenvalue weighted by atomic mass is 9.94. The number of amides is 1. The van der Waals surface area contributed by atoms with Gasteiger partial charge in [-0.15, -0.1) is 11.8 Å². The predicted octanol–water partition coefficient (Wildman–Crippen LogP) is 2.94. The number of thioether (sulfide) groups is 1. The molecule has 2 bridgehead atoms. The number of hydrogen-bond acceptors (Lipinski definition) is 5. The SMILES string of the molecule is CSc1cccc(CN2C[C@H]3CC[C@@H]2CN(C(=O)c2cnccn2)C3)c1. The van der Waals surface area contributed by atoms with Crippen LogP contribution in [0, 0.1) is 5.92 Å². The van der Waals surface area contributed by atoms with Crippen LogP contribution in [-0.4, -0.2) is 57.6 Å². The van der Waals surface area contributed by atoms with Gasteiger partial charge in [0.2, 0.25) is 0 Å². The first-order valence-electron chi connectivity index (χ1n) is 9.15. The highest BCUT2D eigenvalue weighted by Crippen LogP contribution is 2.30. The Morgan fingerprint density at radius 2 is 2.15 bits per heavy atom. The van der Waals surface area contributed by atoms with E-state index in [0.717, 1.165) is 32.6 Å². The van der Waals surface area contributed by atoms with Gasteiger partial charge < -0.3 is 4.90 Å². The molecule has 2 atom stereocenters. The lowest BCUT2D eigenvalue weighted by molar-refractivity contribution is 0.0729. The fourth-order valence-corrected chi connectivity index (χ4v) is 4.60. The standard InChI is InChI=1S/C20H24N4OS/c1-26-18-4-2-3-15(9-18)11-23-12-16-5-6-17(23)14-24(13-16)20(25)19-10-21-7-8-22-19/h2-4,7-10,16-17H,5-6,11-14H2,1H3/t16-,17-/m1/s1. The van der Waals surface area contributed by atoms with Crippen molar-refractivity contribution in [1.82, 2.24) is 19.8 Å². The Labute approximate surface area is 158 Å². The van der Waals surface area contributed by atoms with Crippen molar-refractivity contribution < 1.29 is 4.79 Å². The molecule has 3 saturated heterocycles. The van der Waals surface area contributed by atoms with Crippen molar-refractivity contribution in [3.8, 4) is 0 Å². The van der Waals surface area contributed by atoms with Crippen LogP contribution in [0.15, 0.2) is 47.8 Å². The van der Waals surface area contributed by atoms with Gasteiger partial charge >= 0.3 is 0 Å².